The largest absolute Gasteiger partial charge is 0.326 e. The highest BCUT2D eigenvalue weighted by molar-refractivity contribution is 7.89. The molecule has 2 N–H and O–H groups in total. The zero-order valence-corrected chi connectivity index (χ0v) is 14.4. The van der Waals surface area contributed by atoms with Gasteiger partial charge < -0.3 is 5.73 Å². The van der Waals surface area contributed by atoms with Gasteiger partial charge in [-0.05, 0) is 47.6 Å². The average Bonchev–Trinajstić information content (AvgIpc) is 3.07. The molecule has 1 aliphatic rings. The van der Waals surface area contributed by atoms with Gasteiger partial charge in [-0.15, -0.1) is 0 Å². The van der Waals surface area contributed by atoms with Crippen molar-refractivity contribution >= 4 is 21.1 Å². The maximum absolute atomic E-state index is 13.1. The van der Waals surface area contributed by atoms with E-state index in [1.54, 1.807) is 13.0 Å². The number of aryl methyl sites for hydroxylation is 2. The highest BCUT2D eigenvalue weighted by Gasteiger charge is 2.39. The van der Waals surface area contributed by atoms with Crippen molar-refractivity contribution in [3.05, 3.63) is 17.2 Å². The topological polar surface area (TPSA) is 102 Å². The van der Waals surface area contributed by atoms with Crippen LogP contribution in [0.15, 0.2) is 15.6 Å². The minimum atomic E-state index is -3.68. The van der Waals surface area contributed by atoms with Crippen molar-refractivity contribution in [1.29, 1.82) is 0 Å². The maximum atomic E-state index is 13.1. The number of benzene rings is 1. The zero-order chi connectivity index (χ0) is 16.8. The number of hydrogen-bond acceptors (Lipinski definition) is 6. The summed E-state index contributed by atoms with van der Waals surface area (Å²) in [6, 6.07) is 1.68. The first-order valence-corrected chi connectivity index (χ1v) is 9.28. The van der Waals surface area contributed by atoms with Crippen LogP contribution in [-0.4, -0.2) is 42.2 Å². The Morgan fingerprint density at radius 1 is 1.26 bits per heavy atom. The average molecular weight is 338 g/mol. The normalized spacial score (nSPS) is 23.0. The predicted octanol–water partition coefficient (Wildman–Crippen LogP) is 1.59. The Bertz CT molecular complexity index is 831. The number of sulfonamides is 1. The van der Waals surface area contributed by atoms with Crippen molar-refractivity contribution in [2.45, 2.75) is 44.6 Å². The number of fused-ring (bicyclic) bond motifs is 1. The van der Waals surface area contributed by atoms with Crippen LogP contribution in [-0.2, 0) is 10.0 Å². The molecule has 126 valence electrons. The molecule has 2 aromatic rings. The Morgan fingerprint density at radius 3 is 2.65 bits per heavy atom. The molecule has 2 atom stereocenters. The Labute approximate surface area is 135 Å². The van der Waals surface area contributed by atoms with Gasteiger partial charge >= 0.3 is 0 Å². The van der Waals surface area contributed by atoms with E-state index in [4.69, 9.17) is 10.4 Å². The summed E-state index contributed by atoms with van der Waals surface area (Å²) in [7, 11) is -3.68. The number of rotatable bonds is 4. The fourth-order valence-corrected chi connectivity index (χ4v) is 5.28. The van der Waals surface area contributed by atoms with Gasteiger partial charge in [0.2, 0.25) is 10.0 Å². The summed E-state index contributed by atoms with van der Waals surface area (Å²) >= 11 is 0. The minimum absolute atomic E-state index is 0.124. The highest BCUT2D eigenvalue weighted by atomic mass is 32.2. The van der Waals surface area contributed by atoms with E-state index in [-0.39, 0.29) is 16.9 Å². The van der Waals surface area contributed by atoms with Crippen molar-refractivity contribution in [2.24, 2.45) is 11.7 Å². The molecule has 3 rings (SSSR count). The van der Waals surface area contributed by atoms with Crippen molar-refractivity contribution in [3.8, 4) is 0 Å². The van der Waals surface area contributed by atoms with Crippen LogP contribution >= 0.6 is 0 Å². The summed E-state index contributed by atoms with van der Waals surface area (Å²) in [5.41, 5.74) is 8.42. The monoisotopic (exact) mass is 338 g/mol. The zero-order valence-electron chi connectivity index (χ0n) is 13.6. The number of hydrogen-bond donors (Lipinski definition) is 1. The molecule has 0 amide bonds. The lowest BCUT2D eigenvalue weighted by atomic mass is 9.99. The van der Waals surface area contributed by atoms with E-state index in [0.717, 1.165) is 18.4 Å². The maximum Gasteiger partial charge on any atom is 0.245 e. The van der Waals surface area contributed by atoms with E-state index in [0.29, 0.717) is 29.7 Å². The van der Waals surface area contributed by atoms with E-state index < -0.39 is 10.0 Å². The van der Waals surface area contributed by atoms with Crippen LogP contribution in [0.5, 0.6) is 0 Å². The first kappa shape index (κ1) is 16.4. The molecule has 1 aromatic heterocycles. The summed E-state index contributed by atoms with van der Waals surface area (Å²) in [5, 5.41) is 7.65. The molecule has 0 spiro atoms. The predicted molar refractivity (Wildman–Crippen MR) is 86.4 cm³/mol. The standard InChI is InChI=1S/C15H22N4O3S/c1-4-5-11-7-19(8-12(11)16)23(20,21)15-10(3)6-9(2)13-14(15)18-22-17-13/h6,11-12H,4-5,7-8,16H2,1-3H3/t11-,12-/m0/s1. The van der Waals surface area contributed by atoms with Crippen molar-refractivity contribution in [3.63, 3.8) is 0 Å². The molecule has 2 heterocycles. The molecule has 7 nitrogen and oxygen atoms in total. The quantitative estimate of drug-likeness (QED) is 0.908. The minimum Gasteiger partial charge on any atom is -0.326 e. The second-order valence-electron chi connectivity index (χ2n) is 6.34. The van der Waals surface area contributed by atoms with E-state index in [2.05, 4.69) is 17.2 Å². The van der Waals surface area contributed by atoms with Crippen LogP contribution < -0.4 is 5.73 Å². The molecule has 0 bridgehead atoms. The lowest BCUT2D eigenvalue weighted by molar-refractivity contribution is 0.315. The molecule has 1 aliphatic heterocycles. The first-order chi connectivity index (χ1) is 10.9. The second kappa shape index (κ2) is 5.85. The van der Waals surface area contributed by atoms with Gasteiger partial charge in [0.15, 0.2) is 5.52 Å². The summed E-state index contributed by atoms with van der Waals surface area (Å²) < 4.78 is 32.5. The van der Waals surface area contributed by atoms with Crippen molar-refractivity contribution in [2.75, 3.05) is 13.1 Å². The Kier molecular flexibility index (Phi) is 4.16. The van der Waals surface area contributed by atoms with Crippen LogP contribution in [0.25, 0.3) is 11.0 Å². The molecule has 0 unspecified atom stereocenters. The van der Waals surface area contributed by atoms with Crippen molar-refractivity contribution < 1.29 is 13.0 Å². The van der Waals surface area contributed by atoms with E-state index in [1.807, 2.05) is 6.92 Å². The molecule has 1 aromatic carbocycles. The van der Waals surface area contributed by atoms with E-state index in [1.165, 1.54) is 4.31 Å². The van der Waals surface area contributed by atoms with Crippen LogP contribution in [0.4, 0.5) is 0 Å². The summed E-state index contributed by atoms with van der Waals surface area (Å²) in [5.74, 6) is 0.200. The van der Waals surface area contributed by atoms with E-state index >= 15 is 0 Å². The van der Waals surface area contributed by atoms with Crippen LogP contribution in [0.2, 0.25) is 0 Å². The molecule has 1 fully saturated rings. The smallest absolute Gasteiger partial charge is 0.245 e. The molecule has 1 saturated heterocycles. The molecule has 0 aliphatic carbocycles. The molecular formula is C15H22N4O3S. The van der Waals surface area contributed by atoms with Gasteiger partial charge in [0.1, 0.15) is 10.4 Å². The fraction of sp³-hybridized carbons (Fsp3) is 0.600. The van der Waals surface area contributed by atoms with Crippen LogP contribution in [0, 0.1) is 19.8 Å². The van der Waals surface area contributed by atoms with Gasteiger partial charge in [0, 0.05) is 19.1 Å². The van der Waals surface area contributed by atoms with Gasteiger partial charge in [-0.1, -0.05) is 19.4 Å². The summed E-state index contributed by atoms with van der Waals surface area (Å²) in [4.78, 5) is 0.184. The third-order valence-electron chi connectivity index (χ3n) is 4.58. The Balaban J connectivity index is 2.06. The highest BCUT2D eigenvalue weighted by Crippen LogP contribution is 2.32. The van der Waals surface area contributed by atoms with Crippen LogP contribution in [0.1, 0.15) is 30.9 Å². The van der Waals surface area contributed by atoms with Gasteiger partial charge in [-0.2, -0.15) is 4.31 Å². The third kappa shape index (κ3) is 2.64. The number of nitrogens with two attached hydrogens (primary N) is 1. The summed E-state index contributed by atoms with van der Waals surface area (Å²) in [6.07, 6.45) is 1.92. The van der Waals surface area contributed by atoms with Gasteiger partial charge in [-0.25, -0.2) is 13.0 Å². The van der Waals surface area contributed by atoms with Crippen LogP contribution in [0.3, 0.4) is 0 Å². The third-order valence-corrected chi connectivity index (χ3v) is 6.59. The SMILES string of the molecule is CCC[C@H]1CN(S(=O)(=O)c2c(C)cc(C)c3nonc23)C[C@@H]1N. The summed E-state index contributed by atoms with van der Waals surface area (Å²) in [6.45, 7) is 6.51. The fourth-order valence-electron chi connectivity index (χ4n) is 3.42. The van der Waals surface area contributed by atoms with E-state index in [9.17, 15) is 8.42 Å². The first-order valence-electron chi connectivity index (χ1n) is 7.84. The number of aromatic nitrogens is 2. The molecular weight excluding hydrogens is 316 g/mol. The molecule has 0 saturated carbocycles. The van der Waals surface area contributed by atoms with Gasteiger partial charge in [0.05, 0.1) is 0 Å². The number of nitrogens with zero attached hydrogens (tertiary/aromatic N) is 3. The molecule has 23 heavy (non-hydrogen) atoms. The lowest BCUT2D eigenvalue weighted by Crippen LogP contribution is -2.32. The lowest BCUT2D eigenvalue weighted by Gasteiger charge is -2.18. The van der Waals surface area contributed by atoms with Gasteiger partial charge in [-0.3, -0.25) is 0 Å². The Hall–Kier alpha value is -1.51. The van der Waals surface area contributed by atoms with Gasteiger partial charge in [0.25, 0.3) is 0 Å². The molecule has 0 radical (unpaired) electrons. The molecule has 8 heteroatoms. The second-order valence-corrected chi connectivity index (χ2v) is 8.21. The van der Waals surface area contributed by atoms with Crippen molar-refractivity contribution in [1.82, 2.24) is 14.6 Å². The Morgan fingerprint density at radius 2 is 1.96 bits per heavy atom.